The number of rotatable bonds is 6. The van der Waals surface area contributed by atoms with Crippen LogP contribution in [0.1, 0.15) is 22.6 Å². The average Bonchev–Trinajstić information content (AvgIpc) is 2.97. The molecule has 3 rings (SSSR count). The van der Waals surface area contributed by atoms with Crippen LogP contribution >= 0.6 is 11.6 Å². The Labute approximate surface area is 151 Å². The number of benzene rings is 2. The molecule has 5 heteroatoms. The van der Waals surface area contributed by atoms with E-state index in [1.54, 1.807) is 24.3 Å². The van der Waals surface area contributed by atoms with E-state index < -0.39 is 0 Å². The molecule has 0 aliphatic heterocycles. The van der Waals surface area contributed by atoms with Gasteiger partial charge in [0.1, 0.15) is 5.82 Å². The molecule has 0 aliphatic carbocycles. The molecule has 1 amide bonds. The maximum atomic E-state index is 12.1. The lowest BCUT2D eigenvalue weighted by Crippen LogP contribution is -2.25. The maximum Gasteiger partial charge on any atom is 0.251 e. The molecular weight excluding hydrogens is 334 g/mol. The quantitative estimate of drug-likeness (QED) is 0.544. The van der Waals surface area contributed by atoms with E-state index >= 15 is 0 Å². The van der Waals surface area contributed by atoms with Gasteiger partial charge in [-0.05, 0) is 36.8 Å². The molecule has 0 bridgehead atoms. The molecule has 0 aliphatic rings. The number of para-hydroxylation sites is 2. The number of nitrogens with one attached hydrogen (secondary N) is 1. The lowest BCUT2D eigenvalue weighted by atomic mass is 10.2. The molecule has 25 heavy (non-hydrogen) atoms. The van der Waals surface area contributed by atoms with Crippen LogP contribution in [0.25, 0.3) is 11.0 Å². The first-order chi connectivity index (χ1) is 12.2. The number of halogens is 1. The molecule has 1 aromatic heterocycles. The minimum absolute atomic E-state index is 0.125. The van der Waals surface area contributed by atoms with Crippen molar-refractivity contribution in [2.24, 2.45) is 0 Å². The van der Waals surface area contributed by atoms with Crippen molar-refractivity contribution < 1.29 is 4.79 Å². The van der Waals surface area contributed by atoms with Gasteiger partial charge in [0.2, 0.25) is 0 Å². The molecule has 0 saturated heterocycles. The van der Waals surface area contributed by atoms with Gasteiger partial charge in [0.05, 0.1) is 17.6 Å². The van der Waals surface area contributed by atoms with Crippen molar-refractivity contribution in [1.29, 1.82) is 0 Å². The summed E-state index contributed by atoms with van der Waals surface area (Å²) in [7, 11) is 0. The number of carbonyl (C=O) groups excluding carboxylic acids is 1. The van der Waals surface area contributed by atoms with E-state index in [0.717, 1.165) is 29.7 Å². The van der Waals surface area contributed by atoms with Crippen molar-refractivity contribution in [3.05, 3.63) is 64.9 Å². The lowest BCUT2D eigenvalue weighted by molar-refractivity contribution is 0.0953. The normalized spacial score (nSPS) is 10.6. The standard InChI is InChI=1S/C20H18ClN3O/c1-2-13-24-18-10-4-3-9-17(18)23-19(24)11-6-12-22-20(25)15-7-5-8-16(21)14-15/h1,3-5,7-10,14H,6,11-13H2,(H,22,25). The average molecular weight is 352 g/mol. The Morgan fingerprint density at radius 3 is 2.88 bits per heavy atom. The second-order valence-corrected chi connectivity index (χ2v) is 6.11. The third-order valence-electron chi connectivity index (χ3n) is 3.93. The van der Waals surface area contributed by atoms with Crippen LogP contribution in [0.2, 0.25) is 5.02 Å². The summed E-state index contributed by atoms with van der Waals surface area (Å²) in [6, 6.07) is 14.8. The Balaban J connectivity index is 1.61. The summed E-state index contributed by atoms with van der Waals surface area (Å²) < 4.78 is 2.05. The van der Waals surface area contributed by atoms with Gasteiger partial charge in [0.15, 0.2) is 0 Å². The smallest absolute Gasteiger partial charge is 0.251 e. The van der Waals surface area contributed by atoms with Gasteiger partial charge in [-0.1, -0.05) is 35.7 Å². The first kappa shape index (κ1) is 17.1. The van der Waals surface area contributed by atoms with E-state index in [1.165, 1.54) is 0 Å². The van der Waals surface area contributed by atoms with Crippen molar-refractivity contribution in [2.45, 2.75) is 19.4 Å². The first-order valence-corrected chi connectivity index (χ1v) is 8.48. The molecule has 0 spiro atoms. The van der Waals surface area contributed by atoms with Crippen LogP contribution in [0.15, 0.2) is 48.5 Å². The summed E-state index contributed by atoms with van der Waals surface area (Å²) in [6.07, 6.45) is 7.00. The monoisotopic (exact) mass is 351 g/mol. The van der Waals surface area contributed by atoms with Crippen LogP contribution in [0, 0.1) is 12.3 Å². The van der Waals surface area contributed by atoms with Crippen molar-refractivity contribution >= 4 is 28.5 Å². The lowest BCUT2D eigenvalue weighted by Gasteiger charge is -2.07. The van der Waals surface area contributed by atoms with Gasteiger partial charge in [0, 0.05) is 23.6 Å². The summed E-state index contributed by atoms with van der Waals surface area (Å²) >= 11 is 5.91. The van der Waals surface area contributed by atoms with E-state index in [4.69, 9.17) is 18.0 Å². The summed E-state index contributed by atoms with van der Waals surface area (Å²) in [6.45, 7) is 1.05. The van der Waals surface area contributed by atoms with Crippen LogP contribution in [-0.2, 0) is 13.0 Å². The highest BCUT2D eigenvalue weighted by Gasteiger charge is 2.10. The highest BCUT2D eigenvalue weighted by Crippen LogP contribution is 2.17. The number of fused-ring (bicyclic) bond motifs is 1. The SMILES string of the molecule is C#CCn1c(CCCNC(=O)c2cccc(Cl)c2)nc2ccccc21. The highest BCUT2D eigenvalue weighted by atomic mass is 35.5. The molecule has 2 aromatic carbocycles. The molecule has 1 N–H and O–H groups in total. The largest absolute Gasteiger partial charge is 0.352 e. The van der Waals surface area contributed by atoms with Crippen molar-refractivity contribution in [3.8, 4) is 12.3 Å². The second kappa shape index (κ2) is 7.87. The van der Waals surface area contributed by atoms with E-state index in [0.29, 0.717) is 23.7 Å². The zero-order chi connectivity index (χ0) is 17.6. The molecule has 3 aromatic rings. The maximum absolute atomic E-state index is 12.1. The Hall–Kier alpha value is -2.77. The van der Waals surface area contributed by atoms with Crippen molar-refractivity contribution in [3.63, 3.8) is 0 Å². The molecule has 0 radical (unpaired) electrons. The Morgan fingerprint density at radius 1 is 1.24 bits per heavy atom. The number of terminal acetylenes is 1. The van der Waals surface area contributed by atoms with Gasteiger partial charge in [-0.2, -0.15) is 0 Å². The Morgan fingerprint density at radius 2 is 2.08 bits per heavy atom. The second-order valence-electron chi connectivity index (χ2n) is 5.68. The fraction of sp³-hybridized carbons (Fsp3) is 0.200. The molecule has 0 fully saturated rings. The molecule has 0 atom stereocenters. The molecule has 1 heterocycles. The van der Waals surface area contributed by atoms with Gasteiger partial charge in [0.25, 0.3) is 5.91 Å². The van der Waals surface area contributed by atoms with Crippen molar-refractivity contribution in [2.75, 3.05) is 6.54 Å². The van der Waals surface area contributed by atoms with E-state index in [9.17, 15) is 4.79 Å². The molecular formula is C20H18ClN3O. The molecule has 0 unspecified atom stereocenters. The number of amides is 1. The Bertz CT molecular complexity index is 940. The van der Waals surface area contributed by atoms with E-state index in [-0.39, 0.29) is 5.91 Å². The minimum Gasteiger partial charge on any atom is -0.352 e. The van der Waals surface area contributed by atoms with Crippen LogP contribution in [0.4, 0.5) is 0 Å². The fourth-order valence-corrected chi connectivity index (χ4v) is 2.95. The zero-order valence-electron chi connectivity index (χ0n) is 13.7. The Kier molecular flexibility index (Phi) is 5.37. The third-order valence-corrected chi connectivity index (χ3v) is 4.17. The van der Waals surface area contributed by atoms with Gasteiger partial charge < -0.3 is 9.88 Å². The number of imidazole rings is 1. The zero-order valence-corrected chi connectivity index (χ0v) is 14.5. The number of aromatic nitrogens is 2. The number of nitrogens with zero attached hydrogens (tertiary/aromatic N) is 2. The number of aryl methyl sites for hydroxylation is 1. The molecule has 4 nitrogen and oxygen atoms in total. The van der Waals surface area contributed by atoms with E-state index in [2.05, 4.69) is 16.2 Å². The third kappa shape index (κ3) is 4.01. The molecule has 0 saturated carbocycles. The van der Waals surface area contributed by atoms with Crippen LogP contribution < -0.4 is 5.32 Å². The number of hydrogen-bond acceptors (Lipinski definition) is 2. The fourth-order valence-electron chi connectivity index (χ4n) is 2.76. The highest BCUT2D eigenvalue weighted by molar-refractivity contribution is 6.30. The molecule has 126 valence electrons. The summed E-state index contributed by atoms with van der Waals surface area (Å²) in [5.41, 5.74) is 2.54. The van der Waals surface area contributed by atoms with Gasteiger partial charge >= 0.3 is 0 Å². The summed E-state index contributed by atoms with van der Waals surface area (Å²) in [4.78, 5) is 16.8. The predicted molar refractivity (Wildman–Crippen MR) is 101 cm³/mol. The van der Waals surface area contributed by atoms with E-state index in [1.807, 2.05) is 28.8 Å². The predicted octanol–water partition coefficient (Wildman–Crippen LogP) is 3.69. The van der Waals surface area contributed by atoms with Crippen LogP contribution in [0.3, 0.4) is 0 Å². The van der Waals surface area contributed by atoms with Gasteiger partial charge in [-0.25, -0.2) is 4.98 Å². The number of carbonyl (C=O) groups is 1. The topological polar surface area (TPSA) is 46.9 Å². The van der Waals surface area contributed by atoms with Crippen molar-refractivity contribution in [1.82, 2.24) is 14.9 Å². The van der Waals surface area contributed by atoms with Crippen LogP contribution in [0.5, 0.6) is 0 Å². The minimum atomic E-state index is -0.125. The first-order valence-electron chi connectivity index (χ1n) is 8.10. The van der Waals surface area contributed by atoms with Gasteiger partial charge in [-0.15, -0.1) is 6.42 Å². The summed E-state index contributed by atoms with van der Waals surface area (Å²) in [5, 5.41) is 3.46. The number of hydrogen-bond donors (Lipinski definition) is 1. The summed E-state index contributed by atoms with van der Waals surface area (Å²) in [5.74, 6) is 3.49. The van der Waals surface area contributed by atoms with Gasteiger partial charge in [-0.3, -0.25) is 4.79 Å². The van der Waals surface area contributed by atoms with Crippen LogP contribution in [-0.4, -0.2) is 22.0 Å².